The van der Waals surface area contributed by atoms with Crippen molar-refractivity contribution in [2.75, 3.05) is 0 Å². The number of rotatable bonds is 21. The van der Waals surface area contributed by atoms with Crippen LogP contribution in [0.3, 0.4) is 0 Å². The van der Waals surface area contributed by atoms with Gasteiger partial charge in [0.25, 0.3) is 5.91 Å². The fraction of sp³-hybridized carbons (Fsp3) is 0.697. The quantitative estimate of drug-likeness (QED) is 0.0926. The maximum Gasteiger partial charge on any atom is 0.326 e. The lowest BCUT2D eigenvalue weighted by Gasteiger charge is -2.32. The Morgan fingerprint density at radius 1 is 0.896 bits per heavy atom. The predicted octanol–water partition coefficient (Wildman–Crippen LogP) is 1.68. The molecule has 0 bridgehead atoms. The molecule has 1 aromatic heterocycles. The molecule has 15 heteroatoms. The number of carboxylic acid groups (broad SMARTS) is 2. The predicted molar refractivity (Wildman–Crippen MR) is 180 cm³/mol. The first-order valence-corrected chi connectivity index (χ1v) is 17.8. The Hall–Kier alpha value is -3.56. The summed E-state index contributed by atoms with van der Waals surface area (Å²) in [6.45, 7) is 5.35. The number of aliphatic hydroxyl groups is 1. The Balaban J connectivity index is 2.31. The molecule has 1 saturated carbocycles. The van der Waals surface area contributed by atoms with Crippen molar-refractivity contribution in [2.24, 2.45) is 17.6 Å². The van der Waals surface area contributed by atoms with E-state index in [-0.39, 0.29) is 43.9 Å². The van der Waals surface area contributed by atoms with E-state index in [0.717, 1.165) is 37.0 Å². The summed E-state index contributed by atoms with van der Waals surface area (Å²) in [5, 5.41) is 42.1. The second kappa shape index (κ2) is 20.7. The Kier molecular flexibility index (Phi) is 17.5. The first-order valence-electron chi connectivity index (χ1n) is 16.9. The summed E-state index contributed by atoms with van der Waals surface area (Å²) in [6, 6.07) is -2.05. The number of carbonyl (C=O) groups is 6. The number of amides is 4. The van der Waals surface area contributed by atoms with Crippen molar-refractivity contribution in [3.63, 3.8) is 0 Å². The molecule has 4 amide bonds. The molecule has 1 fully saturated rings. The van der Waals surface area contributed by atoms with E-state index >= 15 is 0 Å². The van der Waals surface area contributed by atoms with Crippen molar-refractivity contribution in [3.8, 4) is 0 Å². The van der Waals surface area contributed by atoms with Crippen LogP contribution in [0.25, 0.3) is 0 Å². The van der Waals surface area contributed by atoms with Gasteiger partial charge in [0, 0.05) is 17.7 Å². The monoisotopic (exact) mass is 695 g/mol. The lowest BCUT2D eigenvalue weighted by atomic mass is 9.83. The lowest BCUT2D eigenvalue weighted by Crippen LogP contribution is -2.60. The number of thiophene rings is 1. The van der Waals surface area contributed by atoms with Gasteiger partial charge in [-0.25, -0.2) is 4.79 Å². The highest BCUT2D eigenvalue weighted by molar-refractivity contribution is 7.09. The molecule has 1 aliphatic rings. The number of aliphatic carboxylic acids is 2. The van der Waals surface area contributed by atoms with E-state index in [9.17, 15) is 39.0 Å². The molecule has 0 unspecified atom stereocenters. The minimum atomic E-state index is -1.74. The maximum atomic E-state index is 13.9. The molecule has 1 aromatic rings. The van der Waals surface area contributed by atoms with Crippen molar-refractivity contribution < 1.29 is 44.1 Å². The lowest BCUT2D eigenvalue weighted by molar-refractivity contribution is -0.144. The van der Waals surface area contributed by atoms with E-state index in [1.54, 1.807) is 26.0 Å². The van der Waals surface area contributed by atoms with Gasteiger partial charge in [-0.2, -0.15) is 0 Å². The van der Waals surface area contributed by atoms with Gasteiger partial charge in [0.1, 0.15) is 18.1 Å². The topological polar surface area (TPSA) is 237 Å². The third kappa shape index (κ3) is 13.5. The highest BCUT2D eigenvalue weighted by Crippen LogP contribution is 2.28. The largest absolute Gasteiger partial charge is 0.481 e. The fourth-order valence-corrected chi connectivity index (χ4v) is 6.54. The molecule has 0 saturated heterocycles. The van der Waals surface area contributed by atoms with E-state index < -0.39 is 71.9 Å². The second-order valence-electron chi connectivity index (χ2n) is 12.7. The maximum absolute atomic E-state index is 13.9. The molecule has 0 aromatic carbocycles. The molecule has 0 radical (unpaired) electrons. The zero-order chi connectivity index (χ0) is 35.8. The molecule has 2 rings (SSSR count). The Morgan fingerprint density at radius 3 is 2.12 bits per heavy atom. The number of nitrogens with two attached hydrogens (primary N) is 1. The first kappa shape index (κ1) is 40.6. The molecule has 7 atom stereocenters. The molecule has 0 aliphatic heterocycles. The number of hydrogen-bond acceptors (Lipinski definition) is 9. The van der Waals surface area contributed by atoms with Crippen LogP contribution in [-0.4, -0.2) is 87.2 Å². The van der Waals surface area contributed by atoms with Crippen LogP contribution in [0.15, 0.2) is 17.5 Å². The highest BCUT2D eigenvalue weighted by Gasteiger charge is 2.36. The van der Waals surface area contributed by atoms with E-state index in [1.165, 1.54) is 11.3 Å². The van der Waals surface area contributed by atoms with Crippen molar-refractivity contribution in [1.82, 2.24) is 21.3 Å². The molecule has 1 aliphatic carbocycles. The SMILES string of the molecule is CCC[C@H](NC(=O)[C@@H](O)[C@H](CC1CCCCC1)NC(=O)[C@H](Cc1cccs1)NC(=O)[C@@H](NC(=O)[C@@H](N)CCC(=O)O)[C@@H](C)CC)C(=O)O. The van der Waals surface area contributed by atoms with E-state index in [4.69, 9.17) is 10.8 Å². The van der Waals surface area contributed by atoms with Gasteiger partial charge in [0.2, 0.25) is 17.7 Å². The van der Waals surface area contributed by atoms with Crippen LogP contribution in [0.4, 0.5) is 0 Å². The minimum absolute atomic E-state index is 0.0879. The van der Waals surface area contributed by atoms with Crippen molar-refractivity contribution in [3.05, 3.63) is 22.4 Å². The molecule has 48 heavy (non-hydrogen) atoms. The number of aliphatic hydroxyl groups excluding tert-OH is 1. The zero-order valence-electron chi connectivity index (χ0n) is 28.1. The van der Waals surface area contributed by atoms with Gasteiger partial charge >= 0.3 is 11.9 Å². The van der Waals surface area contributed by atoms with E-state index in [1.807, 2.05) is 12.3 Å². The van der Waals surface area contributed by atoms with Crippen LogP contribution < -0.4 is 27.0 Å². The summed E-state index contributed by atoms with van der Waals surface area (Å²) in [4.78, 5) is 77.0. The van der Waals surface area contributed by atoms with Crippen LogP contribution in [0, 0.1) is 11.8 Å². The Labute approximate surface area is 286 Å². The summed E-state index contributed by atoms with van der Waals surface area (Å²) < 4.78 is 0. The minimum Gasteiger partial charge on any atom is -0.481 e. The molecule has 270 valence electrons. The number of carboxylic acids is 2. The van der Waals surface area contributed by atoms with Gasteiger partial charge in [-0.3, -0.25) is 24.0 Å². The van der Waals surface area contributed by atoms with Crippen LogP contribution in [0.2, 0.25) is 0 Å². The van der Waals surface area contributed by atoms with Crippen LogP contribution in [0.5, 0.6) is 0 Å². The molecular formula is C33H53N5O9S. The zero-order valence-corrected chi connectivity index (χ0v) is 28.9. The van der Waals surface area contributed by atoms with Gasteiger partial charge in [-0.1, -0.05) is 71.8 Å². The van der Waals surface area contributed by atoms with Gasteiger partial charge in [0.15, 0.2) is 6.10 Å². The third-order valence-corrected chi connectivity index (χ3v) is 9.80. The third-order valence-electron chi connectivity index (χ3n) is 8.90. The normalized spacial score (nSPS) is 17.9. The molecule has 14 nitrogen and oxygen atoms in total. The summed E-state index contributed by atoms with van der Waals surface area (Å²) in [5.74, 6) is -5.49. The van der Waals surface area contributed by atoms with Crippen LogP contribution >= 0.6 is 11.3 Å². The second-order valence-corrected chi connectivity index (χ2v) is 13.8. The summed E-state index contributed by atoms with van der Waals surface area (Å²) in [6.07, 6.45) is 4.07. The number of nitrogens with one attached hydrogen (secondary N) is 4. The number of hydrogen-bond donors (Lipinski definition) is 8. The molecule has 0 spiro atoms. The van der Waals surface area contributed by atoms with Gasteiger partial charge in [0.05, 0.1) is 12.1 Å². The first-order chi connectivity index (χ1) is 22.8. The van der Waals surface area contributed by atoms with Gasteiger partial charge in [-0.05, 0) is 42.5 Å². The molecular weight excluding hydrogens is 642 g/mol. The smallest absolute Gasteiger partial charge is 0.326 e. The van der Waals surface area contributed by atoms with E-state index in [2.05, 4.69) is 21.3 Å². The highest BCUT2D eigenvalue weighted by atomic mass is 32.1. The fourth-order valence-electron chi connectivity index (χ4n) is 5.79. The average Bonchev–Trinajstić information content (AvgIpc) is 3.57. The summed E-state index contributed by atoms with van der Waals surface area (Å²) >= 11 is 1.38. The Morgan fingerprint density at radius 2 is 1.56 bits per heavy atom. The summed E-state index contributed by atoms with van der Waals surface area (Å²) in [5.41, 5.74) is 5.88. The standard InChI is InChI=1S/C33H53N5O9S/c1-4-10-23(33(46)47)35-32(45)28(41)24(17-20-11-7-6-8-12-20)36-30(43)25(18-21-13-9-16-48-21)37-31(44)27(19(3)5-2)38-29(42)22(34)14-15-26(39)40/h9,13,16,19-20,22-25,27-28,41H,4-8,10-12,14-15,17-18,34H2,1-3H3,(H,35,45)(H,36,43)(H,37,44)(H,38,42)(H,39,40)(H,46,47)/t19-,22-,23-,24-,25-,27-,28-/m0/s1. The molecule has 1 heterocycles. The average molecular weight is 696 g/mol. The molecule has 9 N–H and O–H groups in total. The summed E-state index contributed by atoms with van der Waals surface area (Å²) in [7, 11) is 0. The van der Waals surface area contributed by atoms with E-state index in [0.29, 0.717) is 12.8 Å². The van der Waals surface area contributed by atoms with Crippen LogP contribution in [-0.2, 0) is 35.2 Å². The van der Waals surface area contributed by atoms with Crippen molar-refractivity contribution >= 4 is 46.9 Å². The Bertz CT molecular complexity index is 1210. The number of carbonyl (C=O) groups excluding carboxylic acids is 4. The van der Waals surface area contributed by atoms with Crippen molar-refractivity contribution in [1.29, 1.82) is 0 Å². The van der Waals surface area contributed by atoms with Gasteiger partial charge in [-0.15, -0.1) is 11.3 Å². The van der Waals surface area contributed by atoms with Crippen LogP contribution in [0.1, 0.15) is 96.3 Å². The van der Waals surface area contributed by atoms with Crippen molar-refractivity contribution in [2.45, 2.75) is 134 Å². The van der Waals surface area contributed by atoms with Gasteiger partial charge < -0.3 is 42.3 Å².